The van der Waals surface area contributed by atoms with Crippen molar-refractivity contribution in [3.8, 4) is 0 Å². The van der Waals surface area contributed by atoms with Crippen molar-refractivity contribution in [3.05, 3.63) is 35.6 Å². The van der Waals surface area contributed by atoms with Gasteiger partial charge < -0.3 is 15.5 Å². The molecule has 0 heterocycles. The third kappa shape index (κ3) is 9.02. The summed E-state index contributed by atoms with van der Waals surface area (Å²) in [5.41, 5.74) is 0.988. The molecule has 4 nitrogen and oxygen atoms in total. The average Bonchev–Trinajstić information content (AvgIpc) is 2.47. The summed E-state index contributed by atoms with van der Waals surface area (Å²) < 4.78 is 49.0. The van der Waals surface area contributed by atoms with E-state index >= 15 is 0 Å². The van der Waals surface area contributed by atoms with Gasteiger partial charge in [-0.3, -0.25) is 4.99 Å². The molecule has 0 atom stereocenters. The minimum Gasteiger partial charge on any atom is -0.356 e. The van der Waals surface area contributed by atoms with Crippen molar-refractivity contribution in [3.63, 3.8) is 0 Å². The zero-order chi connectivity index (χ0) is 17.3. The van der Waals surface area contributed by atoms with Crippen molar-refractivity contribution < 1.29 is 17.6 Å². The predicted octanol–water partition coefficient (Wildman–Crippen LogP) is 2.37. The Bertz CT molecular complexity index is 485. The van der Waals surface area contributed by atoms with E-state index < -0.39 is 12.6 Å². The summed E-state index contributed by atoms with van der Waals surface area (Å²) in [6.07, 6.45) is -5.08. The monoisotopic (exact) mass is 334 g/mol. The lowest BCUT2D eigenvalue weighted by molar-refractivity contribution is -0.132. The summed E-state index contributed by atoms with van der Waals surface area (Å²) in [7, 11) is 3.41. The Morgan fingerprint density at radius 1 is 1.13 bits per heavy atom. The first kappa shape index (κ1) is 19.2. The Hall–Kier alpha value is -1.83. The first-order valence-electron chi connectivity index (χ1n) is 7.24. The summed E-state index contributed by atoms with van der Waals surface area (Å²) >= 11 is 0. The molecule has 0 radical (unpaired) electrons. The molecule has 0 aliphatic carbocycles. The van der Waals surface area contributed by atoms with E-state index in [4.69, 9.17) is 0 Å². The maximum Gasteiger partial charge on any atom is 0.390 e. The average molecular weight is 334 g/mol. The zero-order valence-corrected chi connectivity index (χ0v) is 13.3. The van der Waals surface area contributed by atoms with E-state index in [0.717, 1.165) is 5.56 Å². The highest BCUT2D eigenvalue weighted by molar-refractivity contribution is 5.79. The molecule has 0 saturated carbocycles. The number of rotatable bonds is 7. The molecule has 0 aliphatic rings. The number of hydrogen-bond donors (Lipinski definition) is 2. The van der Waals surface area contributed by atoms with Crippen molar-refractivity contribution in [2.24, 2.45) is 4.99 Å². The number of halogens is 4. The number of alkyl halides is 3. The Morgan fingerprint density at radius 3 is 2.30 bits per heavy atom. The normalized spacial score (nSPS) is 12.6. The lowest BCUT2D eigenvalue weighted by Crippen LogP contribution is -2.41. The van der Waals surface area contributed by atoms with Crippen LogP contribution in [0.5, 0.6) is 0 Å². The van der Waals surface area contributed by atoms with Gasteiger partial charge in [0.2, 0.25) is 0 Å². The molecule has 1 aromatic rings. The van der Waals surface area contributed by atoms with Crippen LogP contribution in [0.3, 0.4) is 0 Å². The van der Waals surface area contributed by atoms with E-state index in [9.17, 15) is 17.6 Å². The fraction of sp³-hybridized carbons (Fsp3) is 0.533. The molecule has 2 N–H and O–H groups in total. The highest BCUT2D eigenvalue weighted by Crippen LogP contribution is 2.17. The first-order chi connectivity index (χ1) is 10.8. The molecule has 0 fully saturated rings. The lowest BCUT2D eigenvalue weighted by atomic mass is 10.2. The highest BCUT2D eigenvalue weighted by Gasteiger charge is 2.26. The molecular formula is C15H22F4N4. The van der Waals surface area contributed by atoms with Crippen molar-refractivity contribution in [2.75, 3.05) is 33.7 Å². The molecule has 0 spiro atoms. The number of nitrogens with zero attached hydrogens (tertiary/aromatic N) is 2. The molecule has 8 heteroatoms. The van der Waals surface area contributed by atoms with Crippen molar-refractivity contribution >= 4 is 5.96 Å². The molecule has 23 heavy (non-hydrogen) atoms. The van der Waals surface area contributed by atoms with Crippen LogP contribution in [0.4, 0.5) is 17.6 Å². The van der Waals surface area contributed by atoms with Gasteiger partial charge in [0.25, 0.3) is 0 Å². The van der Waals surface area contributed by atoms with Crippen molar-refractivity contribution in [1.82, 2.24) is 15.5 Å². The quantitative estimate of drug-likeness (QED) is 0.457. The Kier molecular flexibility index (Phi) is 7.80. The summed E-state index contributed by atoms with van der Waals surface area (Å²) in [6.45, 7) is 1.64. The van der Waals surface area contributed by atoms with Crippen LogP contribution in [-0.4, -0.2) is 50.8 Å². The third-order valence-corrected chi connectivity index (χ3v) is 3.08. The third-order valence-electron chi connectivity index (χ3n) is 3.08. The number of likely N-dealkylation sites (N-methyl/N-ethyl adjacent to an activating group) is 1. The number of guanidine groups is 1. The number of aliphatic imine (C=N–C) groups is 1. The summed E-state index contributed by atoms with van der Waals surface area (Å²) in [6, 6.07) is 6.26. The minimum atomic E-state index is -4.18. The molecule has 0 aliphatic heterocycles. The molecule has 0 amide bonds. The molecular weight excluding hydrogens is 312 g/mol. The largest absolute Gasteiger partial charge is 0.390 e. The Labute approximate surface area is 133 Å². The van der Waals surface area contributed by atoms with Gasteiger partial charge in [-0.25, -0.2) is 4.39 Å². The highest BCUT2D eigenvalue weighted by atomic mass is 19.4. The number of benzene rings is 1. The molecule has 130 valence electrons. The van der Waals surface area contributed by atoms with Gasteiger partial charge in [0.05, 0.1) is 6.42 Å². The maximum absolute atomic E-state index is 12.8. The fourth-order valence-corrected chi connectivity index (χ4v) is 1.89. The SMILES string of the molecule is CN=C(NCCN(C)Cc1ccc(F)cc1)NCCC(F)(F)F. The topological polar surface area (TPSA) is 39.7 Å². The first-order valence-corrected chi connectivity index (χ1v) is 7.24. The van der Waals surface area contributed by atoms with E-state index in [-0.39, 0.29) is 12.4 Å². The molecule has 0 saturated heterocycles. The van der Waals surface area contributed by atoms with Gasteiger partial charge in [0.15, 0.2) is 5.96 Å². The molecule has 0 unspecified atom stereocenters. The van der Waals surface area contributed by atoms with Gasteiger partial charge in [-0.05, 0) is 24.7 Å². The van der Waals surface area contributed by atoms with Crippen LogP contribution < -0.4 is 10.6 Å². The van der Waals surface area contributed by atoms with Crippen LogP contribution in [-0.2, 0) is 6.54 Å². The van der Waals surface area contributed by atoms with Gasteiger partial charge >= 0.3 is 6.18 Å². The van der Waals surface area contributed by atoms with Gasteiger partial charge in [0.1, 0.15) is 5.82 Å². The Balaban J connectivity index is 2.24. The Morgan fingerprint density at radius 2 is 1.74 bits per heavy atom. The van der Waals surface area contributed by atoms with Crippen LogP contribution in [0.15, 0.2) is 29.3 Å². The van der Waals surface area contributed by atoms with Crippen molar-refractivity contribution in [1.29, 1.82) is 0 Å². The van der Waals surface area contributed by atoms with Crippen molar-refractivity contribution in [2.45, 2.75) is 19.1 Å². The predicted molar refractivity (Wildman–Crippen MR) is 82.8 cm³/mol. The molecule has 0 aromatic heterocycles. The van der Waals surface area contributed by atoms with Gasteiger partial charge in [-0.15, -0.1) is 0 Å². The molecule has 0 bridgehead atoms. The zero-order valence-electron chi connectivity index (χ0n) is 13.3. The second-order valence-corrected chi connectivity index (χ2v) is 5.16. The van der Waals surface area contributed by atoms with E-state index in [1.807, 2.05) is 11.9 Å². The summed E-state index contributed by atoms with van der Waals surface area (Å²) in [5.74, 6) is 0.0660. The van der Waals surface area contributed by atoms with Crippen LogP contribution in [0.2, 0.25) is 0 Å². The van der Waals surface area contributed by atoms with Gasteiger partial charge in [-0.1, -0.05) is 12.1 Å². The maximum atomic E-state index is 12.8. The van der Waals surface area contributed by atoms with Crippen LogP contribution in [0.25, 0.3) is 0 Å². The smallest absolute Gasteiger partial charge is 0.356 e. The van der Waals surface area contributed by atoms with E-state index in [1.165, 1.54) is 19.2 Å². The second kappa shape index (κ2) is 9.34. The lowest BCUT2D eigenvalue weighted by Gasteiger charge is -2.18. The number of nitrogens with one attached hydrogen (secondary N) is 2. The van der Waals surface area contributed by atoms with Crippen LogP contribution in [0.1, 0.15) is 12.0 Å². The fourth-order valence-electron chi connectivity index (χ4n) is 1.89. The summed E-state index contributed by atoms with van der Waals surface area (Å²) in [5, 5.41) is 5.57. The standard InChI is InChI=1S/C15H22F4N4/c1-20-14(21-8-7-15(17,18)19)22-9-10-23(2)11-12-3-5-13(16)6-4-12/h3-6H,7-11H2,1-2H3,(H2,20,21,22). The van der Waals surface area contributed by atoms with Crippen LogP contribution in [0, 0.1) is 5.82 Å². The number of hydrogen-bond acceptors (Lipinski definition) is 2. The molecule has 1 aromatic carbocycles. The van der Waals surface area contributed by atoms with E-state index in [2.05, 4.69) is 15.6 Å². The van der Waals surface area contributed by atoms with Gasteiger partial charge in [0, 0.05) is 33.2 Å². The van der Waals surface area contributed by atoms with E-state index in [0.29, 0.717) is 25.6 Å². The second-order valence-electron chi connectivity index (χ2n) is 5.16. The van der Waals surface area contributed by atoms with Crippen LogP contribution >= 0.6 is 0 Å². The van der Waals surface area contributed by atoms with E-state index in [1.54, 1.807) is 12.1 Å². The van der Waals surface area contributed by atoms with Gasteiger partial charge in [-0.2, -0.15) is 13.2 Å². The summed E-state index contributed by atoms with van der Waals surface area (Å²) in [4.78, 5) is 5.88. The molecule has 1 rings (SSSR count). The minimum absolute atomic E-state index is 0.214.